The molecule has 0 aliphatic rings. The van der Waals surface area contributed by atoms with E-state index in [1.54, 1.807) is 29.7 Å². The number of aromatic carboxylic acids is 2. The molecular formula is C22H18IN3O5. The highest BCUT2D eigenvalue weighted by Crippen LogP contribution is 2.22. The van der Waals surface area contributed by atoms with E-state index >= 15 is 0 Å². The quantitative estimate of drug-likeness (QED) is 0.254. The predicted molar refractivity (Wildman–Crippen MR) is 123 cm³/mol. The Hall–Kier alpha value is -3.47. The molecule has 0 radical (unpaired) electrons. The average molecular weight is 531 g/mol. The van der Waals surface area contributed by atoms with E-state index in [4.69, 9.17) is 0 Å². The number of halogens is 1. The van der Waals surface area contributed by atoms with Gasteiger partial charge < -0.3 is 14.8 Å². The van der Waals surface area contributed by atoms with Gasteiger partial charge in [-0.05, 0) is 78.9 Å². The minimum atomic E-state index is -1.22. The van der Waals surface area contributed by atoms with Crippen molar-refractivity contribution in [1.82, 2.24) is 9.99 Å². The van der Waals surface area contributed by atoms with E-state index in [2.05, 4.69) is 33.1 Å². The molecule has 0 unspecified atom stereocenters. The number of carbonyl (C=O) groups is 3. The van der Waals surface area contributed by atoms with Crippen molar-refractivity contribution in [3.05, 3.63) is 85.7 Å². The summed E-state index contributed by atoms with van der Waals surface area (Å²) in [5.41, 5.74) is 5.29. The summed E-state index contributed by atoms with van der Waals surface area (Å²) in [6.45, 7) is 3.60. The summed E-state index contributed by atoms with van der Waals surface area (Å²) in [4.78, 5) is 35.1. The summed E-state index contributed by atoms with van der Waals surface area (Å²) in [6.07, 6.45) is 1.49. The normalized spacial score (nSPS) is 10.9. The maximum Gasteiger partial charge on any atom is 0.335 e. The molecule has 3 aromatic rings. The first-order valence-electron chi connectivity index (χ1n) is 9.07. The van der Waals surface area contributed by atoms with Crippen LogP contribution in [0.5, 0.6) is 0 Å². The molecular weight excluding hydrogens is 513 g/mol. The summed E-state index contributed by atoms with van der Waals surface area (Å²) in [6, 6.07) is 12.8. The van der Waals surface area contributed by atoms with Crippen LogP contribution in [0, 0.1) is 17.4 Å². The standard InChI is InChI=1S/C22H18IN3O5/c1-12-6-17(11-24-25-20(27)14-4-3-5-18(23)8-14)13(2)26(12)19-9-15(21(28)29)7-16(10-19)22(30)31/h3-11H,1-2H3,(H,25,27)(H,28,29)(H,30,31)/b24-11-. The molecule has 9 heteroatoms. The number of nitrogens with zero attached hydrogens (tertiary/aromatic N) is 2. The second kappa shape index (κ2) is 9.13. The second-order valence-electron chi connectivity index (χ2n) is 6.75. The van der Waals surface area contributed by atoms with Gasteiger partial charge in [-0.1, -0.05) is 6.07 Å². The fourth-order valence-corrected chi connectivity index (χ4v) is 3.70. The number of nitrogens with one attached hydrogen (secondary N) is 1. The molecule has 0 saturated heterocycles. The number of aryl methyl sites for hydroxylation is 1. The highest BCUT2D eigenvalue weighted by Gasteiger charge is 2.16. The molecule has 3 rings (SSSR count). The number of hydrogen-bond acceptors (Lipinski definition) is 4. The number of amides is 1. The number of benzene rings is 2. The molecule has 1 amide bonds. The lowest BCUT2D eigenvalue weighted by Gasteiger charge is -2.12. The van der Waals surface area contributed by atoms with E-state index in [1.807, 2.05) is 19.1 Å². The number of hydrazone groups is 1. The van der Waals surface area contributed by atoms with E-state index in [0.717, 1.165) is 15.3 Å². The number of carbonyl (C=O) groups excluding carboxylic acids is 1. The van der Waals surface area contributed by atoms with Crippen LogP contribution in [0.3, 0.4) is 0 Å². The van der Waals surface area contributed by atoms with Crippen molar-refractivity contribution in [3.8, 4) is 5.69 Å². The fraction of sp³-hybridized carbons (Fsp3) is 0.0909. The lowest BCUT2D eigenvalue weighted by atomic mass is 10.1. The summed E-state index contributed by atoms with van der Waals surface area (Å²) < 4.78 is 2.67. The van der Waals surface area contributed by atoms with Crippen LogP contribution in [-0.4, -0.2) is 38.8 Å². The van der Waals surface area contributed by atoms with Gasteiger partial charge >= 0.3 is 11.9 Å². The van der Waals surface area contributed by atoms with E-state index in [0.29, 0.717) is 22.5 Å². The second-order valence-corrected chi connectivity index (χ2v) is 8.00. The first-order valence-corrected chi connectivity index (χ1v) is 10.1. The molecule has 2 aromatic carbocycles. The van der Waals surface area contributed by atoms with Gasteiger partial charge in [-0.25, -0.2) is 15.0 Å². The first kappa shape index (κ1) is 22.2. The molecule has 1 heterocycles. The largest absolute Gasteiger partial charge is 0.478 e. The van der Waals surface area contributed by atoms with Crippen molar-refractivity contribution >= 4 is 46.7 Å². The number of carboxylic acids is 2. The maximum absolute atomic E-state index is 12.2. The zero-order valence-corrected chi connectivity index (χ0v) is 18.7. The van der Waals surface area contributed by atoms with Crippen LogP contribution in [0.1, 0.15) is 48.0 Å². The Kier molecular flexibility index (Phi) is 6.54. The van der Waals surface area contributed by atoms with Crippen LogP contribution >= 0.6 is 22.6 Å². The number of carboxylic acid groups (broad SMARTS) is 2. The third-order valence-electron chi connectivity index (χ3n) is 4.60. The number of rotatable bonds is 6. The van der Waals surface area contributed by atoms with Crippen molar-refractivity contribution < 1.29 is 24.6 Å². The van der Waals surface area contributed by atoms with E-state index in [9.17, 15) is 24.6 Å². The van der Waals surface area contributed by atoms with Crippen molar-refractivity contribution in [2.24, 2.45) is 5.10 Å². The predicted octanol–water partition coefficient (Wildman–Crippen LogP) is 3.86. The molecule has 0 saturated carbocycles. The Bertz CT molecular complexity index is 1200. The van der Waals surface area contributed by atoms with Gasteiger partial charge in [0.1, 0.15) is 0 Å². The maximum atomic E-state index is 12.2. The van der Waals surface area contributed by atoms with Gasteiger partial charge in [-0.3, -0.25) is 4.79 Å². The highest BCUT2D eigenvalue weighted by molar-refractivity contribution is 14.1. The average Bonchev–Trinajstić information content (AvgIpc) is 3.00. The molecule has 31 heavy (non-hydrogen) atoms. The highest BCUT2D eigenvalue weighted by atomic mass is 127. The van der Waals surface area contributed by atoms with Crippen molar-refractivity contribution in [1.29, 1.82) is 0 Å². The Morgan fingerprint density at radius 2 is 1.61 bits per heavy atom. The minimum Gasteiger partial charge on any atom is -0.478 e. The van der Waals surface area contributed by atoms with Crippen molar-refractivity contribution in [3.63, 3.8) is 0 Å². The number of hydrogen-bond donors (Lipinski definition) is 3. The molecule has 1 aromatic heterocycles. The van der Waals surface area contributed by atoms with Crippen LogP contribution in [0.4, 0.5) is 0 Å². The van der Waals surface area contributed by atoms with Crippen molar-refractivity contribution in [2.75, 3.05) is 0 Å². The lowest BCUT2D eigenvalue weighted by Crippen LogP contribution is -2.17. The zero-order valence-electron chi connectivity index (χ0n) is 16.6. The third-order valence-corrected chi connectivity index (χ3v) is 5.27. The molecule has 0 atom stereocenters. The lowest BCUT2D eigenvalue weighted by molar-refractivity contribution is 0.0696. The SMILES string of the molecule is Cc1cc(/C=N\NC(=O)c2cccc(I)c2)c(C)n1-c1cc(C(=O)O)cc(C(=O)O)c1. The summed E-state index contributed by atoms with van der Waals surface area (Å²) in [7, 11) is 0. The van der Waals surface area contributed by atoms with Crippen molar-refractivity contribution in [2.45, 2.75) is 13.8 Å². The van der Waals surface area contributed by atoms with Crippen LogP contribution in [0.25, 0.3) is 5.69 Å². The van der Waals surface area contributed by atoms with Gasteiger partial charge in [0.15, 0.2) is 0 Å². The van der Waals surface area contributed by atoms with Gasteiger partial charge in [-0.2, -0.15) is 5.10 Å². The van der Waals surface area contributed by atoms with Crippen LogP contribution in [0.15, 0.2) is 53.6 Å². The van der Waals surface area contributed by atoms with E-state index in [-0.39, 0.29) is 17.0 Å². The van der Waals surface area contributed by atoms with Crippen LogP contribution < -0.4 is 5.43 Å². The van der Waals surface area contributed by atoms with Gasteiger partial charge in [0.05, 0.1) is 17.3 Å². The van der Waals surface area contributed by atoms with Gasteiger partial charge in [0.25, 0.3) is 5.91 Å². The summed E-state index contributed by atoms with van der Waals surface area (Å²) >= 11 is 2.12. The van der Waals surface area contributed by atoms with Gasteiger partial charge in [0, 0.05) is 31.8 Å². The Morgan fingerprint density at radius 3 is 2.19 bits per heavy atom. The Morgan fingerprint density at radius 1 is 0.968 bits per heavy atom. The fourth-order valence-electron chi connectivity index (χ4n) is 3.16. The Balaban J connectivity index is 1.91. The van der Waals surface area contributed by atoms with Gasteiger partial charge in [-0.15, -0.1) is 0 Å². The smallest absolute Gasteiger partial charge is 0.335 e. The van der Waals surface area contributed by atoms with Gasteiger partial charge in [0.2, 0.25) is 0 Å². The molecule has 0 bridgehead atoms. The molecule has 0 aliphatic heterocycles. The van der Waals surface area contributed by atoms with E-state index < -0.39 is 11.9 Å². The molecule has 0 spiro atoms. The zero-order chi connectivity index (χ0) is 22.7. The van der Waals surface area contributed by atoms with Crippen LogP contribution in [-0.2, 0) is 0 Å². The Labute approximate surface area is 191 Å². The summed E-state index contributed by atoms with van der Waals surface area (Å²) in [5.74, 6) is -2.78. The summed E-state index contributed by atoms with van der Waals surface area (Å²) in [5, 5.41) is 22.7. The van der Waals surface area contributed by atoms with E-state index in [1.165, 1.54) is 18.3 Å². The molecule has 0 fully saturated rings. The molecule has 8 nitrogen and oxygen atoms in total. The number of aromatic nitrogens is 1. The minimum absolute atomic E-state index is 0.123. The first-order chi connectivity index (χ1) is 14.7. The van der Waals surface area contributed by atoms with Crippen LogP contribution in [0.2, 0.25) is 0 Å². The molecule has 158 valence electrons. The third kappa shape index (κ3) is 5.00. The topological polar surface area (TPSA) is 121 Å². The molecule has 3 N–H and O–H groups in total. The monoisotopic (exact) mass is 531 g/mol. The molecule has 0 aliphatic carbocycles.